The number of amides is 1. The van der Waals surface area contributed by atoms with E-state index in [4.69, 9.17) is 0 Å². The summed E-state index contributed by atoms with van der Waals surface area (Å²) in [6.07, 6.45) is 4.83. The summed E-state index contributed by atoms with van der Waals surface area (Å²) in [6.45, 7) is 4.52. The molecule has 112 valence electrons. The predicted molar refractivity (Wildman–Crippen MR) is 84.0 cm³/mol. The number of para-hydroxylation sites is 1. The van der Waals surface area contributed by atoms with Gasteiger partial charge in [0.25, 0.3) is 0 Å². The quantitative estimate of drug-likeness (QED) is 0.942. The number of nitrogens with one attached hydrogen (secondary N) is 1. The molecule has 1 amide bonds. The Morgan fingerprint density at radius 3 is 2.90 bits per heavy atom. The second kappa shape index (κ2) is 5.88. The molecule has 0 bridgehead atoms. The monoisotopic (exact) mass is 285 g/mol. The summed E-state index contributed by atoms with van der Waals surface area (Å²) in [7, 11) is 0. The van der Waals surface area contributed by atoms with E-state index in [1.54, 1.807) is 0 Å². The molecule has 1 aliphatic carbocycles. The molecule has 4 nitrogen and oxygen atoms in total. The minimum Gasteiger partial charge on any atom is -0.351 e. The molecule has 0 saturated heterocycles. The van der Waals surface area contributed by atoms with Gasteiger partial charge in [0.15, 0.2) is 0 Å². The molecule has 3 rings (SSSR count). The van der Waals surface area contributed by atoms with Crippen molar-refractivity contribution in [1.82, 2.24) is 15.1 Å². The van der Waals surface area contributed by atoms with Gasteiger partial charge in [-0.25, -0.2) is 0 Å². The highest BCUT2D eigenvalue weighted by atomic mass is 16.2. The molecule has 4 heteroatoms. The topological polar surface area (TPSA) is 46.9 Å². The van der Waals surface area contributed by atoms with Crippen molar-refractivity contribution in [2.75, 3.05) is 0 Å². The second-order valence-corrected chi connectivity index (χ2v) is 6.20. The summed E-state index contributed by atoms with van der Waals surface area (Å²) in [6, 6.07) is 8.39. The number of nitrogens with zero attached hydrogens (tertiary/aromatic N) is 2. The molecule has 1 aromatic carbocycles. The normalized spacial score (nSPS) is 22.4. The van der Waals surface area contributed by atoms with Gasteiger partial charge >= 0.3 is 0 Å². The summed E-state index contributed by atoms with van der Waals surface area (Å²) in [5.74, 6) is 0.654. The number of aryl methyl sites for hydroxylation is 1. The molecule has 1 N–H and O–H groups in total. The molecule has 0 unspecified atom stereocenters. The lowest BCUT2D eigenvalue weighted by atomic mass is 9.86. The molecule has 2 atom stereocenters. The van der Waals surface area contributed by atoms with E-state index in [-0.39, 0.29) is 5.91 Å². The maximum absolute atomic E-state index is 12.3. The minimum atomic E-state index is 0.0713. The van der Waals surface area contributed by atoms with Crippen molar-refractivity contribution in [1.29, 1.82) is 0 Å². The summed E-state index contributed by atoms with van der Waals surface area (Å²) in [5.41, 5.74) is 2.01. The van der Waals surface area contributed by atoms with E-state index in [0.717, 1.165) is 23.0 Å². The van der Waals surface area contributed by atoms with Gasteiger partial charge in [-0.1, -0.05) is 38.0 Å². The largest absolute Gasteiger partial charge is 0.351 e. The van der Waals surface area contributed by atoms with E-state index < -0.39 is 0 Å². The van der Waals surface area contributed by atoms with E-state index in [9.17, 15) is 4.79 Å². The van der Waals surface area contributed by atoms with Gasteiger partial charge in [0.05, 0.1) is 11.2 Å². The van der Waals surface area contributed by atoms with Crippen molar-refractivity contribution in [2.45, 2.75) is 52.1 Å². The highest BCUT2D eigenvalue weighted by molar-refractivity contribution is 5.84. The first-order valence-corrected chi connectivity index (χ1v) is 7.86. The van der Waals surface area contributed by atoms with Gasteiger partial charge in [0, 0.05) is 11.4 Å². The predicted octanol–water partition coefficient (Wildman–Crippen LogP) is 3.04. The Morgan fingerprint density at radius 2 is 2.10 bits per heavy atom. The van der Waals surface area contributed by atoms with Crippen LogP contribution in [-0.2, 0) is 11.3 Å². The zero-order chi connectivity index (χ0) is 14.8. The van der Waals surface area contributed by atoms with Gasteiger partial charge < -0.3 is 5.32 Å². The van der Waals surface area contributed by atoms with Crippen LogP contribution in [-0.4, -0.2) is 21.7 Å². The Balaban J connectivity index is 1.71. The van der Waals surface area contributed by atoms with Crippen LogP contribution in [0.25, 0.3) is 10.9 Å². The van der Waals surface area contributed by atoms with Crippen LogP contribution in [0.2, 0.25) is 0 Å². The first kappa shape index (κ1) is 14.1. The molecule has 1 saturated carbocycles. The van der Waals surface area contributed by atoms with Crippen molar-refractivity contribution in [3.63, 3.8) is 0 Å². The lowest BCUT2D eigenvalue weighted by molar-refractivity contribution is -0.123. The minimum absolute atomic E-state index is 0.0713. The number of fused-ring (bicyclic) bond motifs is 1. The fraction of sp³-hybridized carbons (Fsp3) is 0.529. The summed E-state index contributed by atoms with van der Waals surface area (Å²) < 4.78 is 1.81. The number of rotatable bonds is 3. The van der Waals surface area contributed by atoms with Crippen LogP contribution in [0.3, 0.4) is 0 Å². The van der Waals surface area contributed by atoms with E-state index in [1.807, 2.05) is 29.8 Å². The molecule has 2 aromatic rings. The third-order valence-electron chi connectivity index (χ3n) is 4.59. The van der Waals surface area contributed by atoms with Crippen molar-refractivity contribution >= 4 is 16.8 Å². The average Bonchev–Trinajstić information content (AvgIpc) is 2.79. The molecule has 1 aliphatic rings. The molecule has 21 heavy (non-hydrogen) atoms. The fourth-order valence-corrected chi connectivity index (χ4v) is 3.33. The van der Waals surface area contributed by atoms with Gasteiger partial charge in [-0.3, -0.25) is 9.48 Å². The standard InChI is InChI=1S/C17H23N3O/c1-12-7-3-5-9-15(12)18-17(21)11-20-16-10-6-4-8-14(16)13(2)19-20/h4,6,8,10,12,15H,3,5,7,9,11H2,1-2H3,(H,18,21)/t12-,15+/m0/s1. The fourth-order valence-electron chi connectivity index (χ4n) is 3.33. The van der Waals surface area contributed by atoms with Gasteiger partial charge in [0.1, 0.15) is 6.54 Å². The van der Waals surface area contributed by atoms with Crippen LogP contribution in [0.1, 0.15) is 38.3 Å². The zero-order valence-corrected chi connectivity index (χ0v) is 12.8. The summed E-state index contributed by atoms with van der Waals surface area (Å²) in [5, 5.41) is 8.81. The van der Waals surface area contributed by atoms with E-state index >= 15 is 0 Å². The number of hydrogen-bond acceptors (Lipinski definition) is 2. The Morgan fingerprint density at radius 1 is 1.33 bits per heavy atom. The number of benzene rings is 1. The smallest absolute Gasteiger partial charge is 0.241 e. The van der Waals surface area contributed by atoms with Crippen LogP contribution < -0.4 is 5.32 Å². The number of aromatic nitrogens is 2. The van der Waals surface area contributed by atoms with Gasteiger partial charge in [-0.15, -0.1) is 0 Å². The SMILES string of the molecule is Cc1nn(CC(=O)N[C@@H]2CCCC[C@@H]2C)c2ccccc12. The number of carbonyl (C=O) groups excluding carboxylic acids is 1. The van der Waals surface area contributed by atoms with Gasteiger partial charge in [-0.2, -0.15) is 5.10 Å². The van der Waals surface area contributed by atoms with Crippen LogP contribution >= 0.6 is 0 Å². The molecule has 1 aromatic heterocycles. The molecule has 0 radical (unpaired) electrons. The average molecular weight is 285 g/mol. The highest BCUT2D eigenvalue weighted by Crippen LogP contribution is 2.24. The Hall–Kier alpha value is -1.84. The van der Waals surface area contributed by atoms with Crippen LogP contribution in [0, 0.1) is 12.8 Å². The first-order valence-electron chi connectivity index (χ1n) is 7.86. The Labute approximate surface area is 125 Å². The van der Waals surface area contributed by atoms with Crippen LogP contribution in [0.4, 0.5) is 0 Å². The summed E-state index contributed by atoms with van der Waals surface area (Å²) >= 11 is 0. The van der Waals surface area contributed by atoms with Crippen molar-refractivity contribution in [3.05, 3.63) is 30.0 Å². The maximum Gasteiger partial charge on any atom is 0.241 e. The van der Waals surface area contributed by atoms with E-state index in [2.05, 4.69) is 23.4 Å². The van der Waals surface area contributed by atoms with Crippen LogP contribution in [0.15, 0.2) is 24.3 Å². The van der Waals surface area contributed by atoms with E-state index in [1.165, 1.54) is 19.3 Å². The molecular weight excluding hydrogens is 262 g/mol. The third-order valence-corrected chi connectivity index (χ3v) is 4.59. The number of hydrogen-bond donors (Lipinski definition) is 1. The van der Waals surface area contributed by atoms with Gasteiger partial charge in [0.2, 0.25) is 5.91 Å². The second-order valence-electron chi connectivity index (χ2n) is 6.20. The highest BCUT2D eigenvalue weighted by Gasteiger charge is 2.23. The lowest BCUT2D eigenvalue weighted by Gasteiger charge is -2.29. The molecular formula is C17H23N3O. The Bertz CT molecular complexity index is 647. The third kappa shape index (κ3) is 2.94. The van der Waals surface area contributed by atoms with Gasteiger partial charge in [-0.05, 0) is 31.7 Å². The number of carbonyl (C=O) groups is 1. The van der Waals surface area contributed by atoms with Crippen molar-refractivity contribution in [3.8, 4) is 0 Å². The first-order chi connectivity index (χ1) is 10.1. The Kier molecular flexibility index (Phi) is 3.95. The summed E-state index contributed by atoms with van der Waals surface area (Å²) in [4.78, 5) is 12.3. The molecule has 1 fully saturated rings. The molecule has 1 heterocycles. The van der Waals surface area contributed by atoms with Crippen molar-refractivity contribution < 1.29 is 4.79 Å². The lowest BCUT2D eigenvalue weighted by Crippen LogP contribution is -2.42. The van der Waals surface area contributed by atoms with Crippen molar-refractivity contribution in [2.24, 2.45) is 5.92 Å². The van der Waals surface area contributed by atoms with Crippen LogP contribution in [0.5, 0.6) is 0 Å². The molecule has 0 spiro atoms. The maximum atomic E-state index is 12.3. The zero-order valence-electron chi connectivity index (χ0n) is 12.8. The van der Waals surface area contributed by atoms with E-state index in [0.29, 0.717) is 18.5 Å². The molecule has 0 aliphatic heterocycles.